The number of anilines is 1. The van der Waals surface area contributed by atoms with E-state index in [9.17, 15) is 14.4 Å². The summed E-state index contributed by atoms with van der Waals surface area (Å²) >= 11 is 0. The van der Waals surface area contributed by atoms with Crippen molar-refractivity contribution in [1.82, 2.24) is 15.6 Å². The van der Waals surface area contributed by atoms with Crippen molar-refractivity contribution in [2.45, 2.75) is 6.54 Å². The van der Waals surface area contributed by atoms with Crippen molar-refractivity contribution >= 4 is 23.4 Å². The van der Waals surface area contributed by atoms with Crippen LogP contribution in [0.3, 0.4) is 0 Å². The molecule has 3 amide bonds. The van der Waals surface area contributed by atoms with Crippen molar-refractivity contribution in [2.75, 3.05) is 5.73 Å². The van der Waals surface area contributed by atoms with E-state index in [1.54, 1.807) is 24.5 Å². The molecule has 22 heavy (non-hydrogen) atoms. The zero-order valence-electron chi connectivity index (χ0n) is 11.6. The lowest BCUT2D eigenvalue weighted by molar-refractivity contribution is -0.138. The maximum atomic E-state index is 11.8. The first-order valence-corrected chi connectivity index (χ1v) is 6.44. The molecule has 7 heteroatoms. The molecule has 1 aromatic heterocycles. The molecule has 0 aliphatic rings. The van der Waals surface area contributed by atoms with Gasteiger partial charge in [0.05, 0.1) is 0 Å². The van der Waals surface area contributed by atoms with Crippen molar-refractivity contribution in [2.24, 2.45) is 0 Å². The molecule has 2 aromatic rings. The highest BCUT2D eigenvalue weighted by molar-refractivity contribution is 6.38. The maximum absolute atomic E-state index is 11.8. The molecule has 0 aliphatic carbocycles. The first-order valence-electron chi connectivity index (χ1n) is 6.44. The molecule has 0 aliphatic heterocycles. The number of pyridine rings is 1. The number of carbonyl (C=O) groups is 3. The Bertz CT molecular complexity index is 684. The number of hydrogen-bond acceptors (Lipinski definition) is 5. The lowest BCUT2D eigenvalue weighted by Gasteiger charge is -2.06. The minimum Gasteiger partial charge on any atom is -0.399 e. The Kier molecular flexibility index (Phi) is 4.81. The molecule has 0 radical (unpaired) electrons. The largest absolute Gasteiger partial charge is 0.399 e. The van der Waals surface area contributed by atoms with Crippen molar-refractivity contribution in [1.29, 1.82) is 0 Å². The van der Waals surface area contributed by atoms with E-state index in [-0.39, 0.29) is 12.1 Å². The molecule has 2 rings (SSSR count). The Morgan fingerprint density at radius 3 is 2.23 bits per heavy atom. The van der Waals surface area contributed by atoms with E-state index in [1.807, 2.05) is 5.32 Å². The molecule has 4 N–H and O–H groups in total. The van der Waals surface area contributed by atoms with Gasteiger partial charge in [0, 0.05) is 30.2 Å². The predicted octanol–water partition coefficient (Wildman–Crippen LogP) is 0.237. The van der Waals surface area contributed by atoms with Crippen LogP contribution in [0, 0.1) is 0 Å². The lowest BCUT2D eigenvalue weighted by Crippen LogP contribution is -2.42. The molecular weight excluding hydrogens is 284 g/mol. The number of nitrogen functional groups attached to an aromatic ring is 1. The first-order chi connectivity index (χ1) is 10.6. The van der Waals surface area contributed by atoms with Crippen LogP contribution in [-0.4, -0.2) is 22.7 Å². The van der Waals surface area contributed by atoms with Crippen molar-refractivity contribution in [3.8, 4) is 0 Å². The molecule has 112 valence electrons. The number of rotatable bonds is 3. The summed E-state index contributed by atoms with van der Waals surface area (Å²) in [5.74, 6) is -2.57. The van der Waals surface area contributed by atoms with Gasteiger partial charge in [-0.15, -0.1) is 0 Å². The third-order valence-corrected chi connectivity index (χ3v) is 2.81. The Labute approximate surface area is 126 Å². The van der Waals surface area contributed by atoms with Gasteiger partial charge in [0.25, 0.3) is 5.91 Å². The van der Waals surface area contributed by atoms with E-state index in [0.29, 0.717) is 5.69 Å². The summed E-state index contributed by atoms with van der Waals surface area (Å²) in [6, 6.07) is 9.40. The van der Waals surface area contributed by atoms with Gasteiger partial charge in [0.2, 0.25) is 0 Å². The fourth-order valence-corrected chi connectivity index (χ4v) is 1.63. The van der Waals surface area contributed by atoms with Crippen LogP contribution in [0.15, 0.2) is 48.8 Å². The van der Waals surface area contributed by atoms with Crippen molar-refractivity contribution in [3.05, 3.63) is 59.9 Å². The second-order valence-electron chi connectivity index (χ2n) is 4.44. The summed E-state index contributed by atoms with van der Waals surface area (Å²) in [6.45, 7) is 0.171. The minimum atomic E-state index is -1.02. The molecule has 0 bridgehead atoms. The smallest absolute Gasteiger partial charge is 0.316 e. The van der Waals surface area contributed by atoms with Gasteiger partial charge in [0.15, 0.2) is 0 Å². The van der Waals surface area contributed by atoms with E-state index in [4.69, 9.17) is 5.73 Å². The normalized spacial score (nSPS) is 9.82. The fourth-order valence-electron chi connectivity index (χ4n) is 1.63. The number of hydrogen-bond donors (Lipinski definition) is 3. The Balaban J connectivity index is 1.87. The summed E-state index contributed by atoms with van der Waals surface area (Å²) in [5.41, 5.74) is 7.03. The second-order valence-corrected chi connectivity index (χ2v) is 4.44. The summed E-state index contributed by atoms with van der Waals surface area (Å²) in [7, 11) is 0. The molecule has 1 aromatic carbocycles. The fraction of sp³-hybridized carbons (Fsp3) is 0.0667. The quantitative estimate of drug-likeness (QED) is 0.554. The maximum Gasteiger partial charge on any atom is 0.316 e. The number of aromatic nitrogens is 1. The number of amides is 3. The van der Waals surface area contributed by atoms with Gasteiger partial charge in [-0.25, -0.2) is 0 Å². The third-order valence-electron chi connectivity index (χ3n) is 2.81. The van der Waals surface area contributed by atoms with E-state index in [2.05, 4.69) is 10.3 Å². The van der Waals surface area contributed by atoms with E-state index in [0.717, 1.165) is 5.56 Å². The van der Waals surface area contributed by atoms with Crippen LogP contribution in [-0.2, 0) is 16.1 Å². The number of benzene rings is 1. The molecule has 0 atom stereocenters. The van der Waals surface area contributed by atoms with Gasteiger partial charge in [-0.05, 0) is 42.0 Å². The van der Waals surface area contributed by atoms with Crippen LogP contribution < -0.4 is 16.4 Å². The summed E-state index contributed by atoms with van der Waals surface area (Å²) < 4.78 is 0. The van der Waals surface area contributed by atoms with Crippen LogP contribution >= 0.6 is 0 Å². The zero-order valence-corrected chi connectivity index (χ0v) is 11.6. The van der Waals surface area contributed by atoms with E-state index >= 15 is 0 Å². The lowest BCUT2D eigenvalue weighted by atomic mass is 10.2. The standard InChI is InChI=1S/C15H14N4O3/c16-12-3-1-11(2-4-12)13(20)19-15(22)14(21)18-9-10-5-7-17-8-6-10/h1-8H,9,16H2,(H,18,21)(H,19,20,22). The number of carbonyl (C=O) groups excluding carboxylic acids is 3. The van der Waals surface area contributed by atoms with E-state index in [1.165, 1.54) is 24.3 Å². The molecule has 7 nitrogen and oxygen atoms in total. The summed E-state index contributed by atoms with van der Waals surface area (Å²) in [5, 5.41) is 4.42. The Morgan fingerprint density at radius 1 is 0.955 bits per heavy atom. The van der Waals surface area contributed by atoms with Crippen molar-refractivity contribution in [3.63, 3.8) is 0 Å². The Hall–Kier alpha value is -3.22. The van der Waals surface area contributed by atoms with Crippen LogP contribution in [0.2, 0.25) is 0 Å². The Morgan fingerprint density at radius 2 is 1.59 bits per heavy atom. The van der Waals surface area contributed by atoms with Gasteiger partial charge in [-0.1, -0.05) is 0 Å². The van der Waals surface area contributed by atoms with Crippen molar-refractivity contribution < 1.29 is 14.4 Å². The van der Waals surface area contributed by atoms with Gasteiger partial charge >= 0.3 is 11.8 Å². The zero-order chi connectivity index (χ0) is 15.9. The minimum absolute atomic E-state index is 0.171. The van der Waals surface area contributed by atoms with Gasteiger partial charge in [-0.3, -0.25) is 24.7 Å². The van der Waals surface area contributed by atoms with E-state index < -0.39 is 17.7 Å². The van der Waals surface area contributed by atoms with Crippen LogP contribution in [0.25, 0.3) is 0 Å². The predicted molar refractivity (Wildman–Crippen MR) is 79.4 cm³/mol. The highest BCUT2D eigenvalue weighted by Crippen LogP contribution is 2.05. The molecule has 0 spiro atoms. The van der Waals surface area contributed by atoms with Crippen LogP contribution in [0.4, 0.5) is 5.69 Å². The third kappa shape index (κ3) is 4.14. The average Bonchev–Trinajstić information content (AvgIpc) is 2.54. The number of imide groups is 1. The van der Waals surface area contributed by atoms with Gasteiger partial charge < -0.3 is 11.1 Å². The van der Waals surface area contributed by atoms with Crippen LogP contribution in [0.5, 0.6) is 0 Å². The summed E-state index contributed by atoms with van der Waals surface area (Å²) in [6.07, 6.45) is 3.15. The molecule has 1 heterocycles. The van der Waals surface area contributed by atoms with Gasteiger partial charge in [-0.2, -0.15) is 0 Å². The molecule has 0 unspecified atom stereocenters. The number of nitrogens with zero attached hydrogens (tertiary/aromatic N) is 1. The first kappa shape index (κ1) is 15.2. The second kappa shape index (κ2) is 6.98. The SMILES string of the molecule is Nc1ccc(C(=O)NC(=O)C(=O)NCc2ccncc2)cc1. The van der Waals surface area contributed by atoms with Gasteiger partial charge in [0.1, 0.15) is 0 Å². The number of nitrogens with one attached hydrogen (secondary N) is 2. The molecule has 0 fully saturated rings. The highest BCUT2D eigenvalue weighted by Gasteiger charge is 2.17. The monoisotopic (exact) mass is 298 g/mol. The average molecular weight is 298 g/mol. The highest BCUT2D eigenvalue weighted by atomic mass is 16.2. The molecular formula is C15H14N4O3. The molecule has 0 saturated heterocycles. The molecule has 0 saturated carbocycles. The summed E-state index contributed by atoms with van der Waals surface area (Å²) in [4.78, 5) is 38.9. The number of nitrogens with two attached hydrogens (primary N) is 1. The topological polar surface area (TPSA) is 114 Å². The van der Waals surface area contributed by atoms with Crippen LogP contribution in [0.1, 0.15) is 15.9 Å².